The molecule has 102 valence electrons. The molecule has 19 heavy (non-hydrogen) atoms. The van der Waals surface area contributed by atoms with Gasteiger partial charge in [-0.2, -0.15) is 5.10 Å². The Hall–Kier alpha value is -2.05. The zero-order chi connectivity index (χ0) is 13.2. The van der Waals surface area contributed by atoms with E-state index < -0.39 is 0 Å². The molecule has 0 aromatic carbocycles. The van der Waals surface area contributed by atoms with Crippen molar-refractivity contribution in [1.29, 1.82) is 0 Å². The second-order valence-electron chi connectivity index (χ2n) is 4.84. The maximum absolute atomic E-state index is 11.8. The van der Waals surface area contributed by atoms with Gasteiger partial charge in [-0.15, -0.1) is 0 Å². The van der Waals surface area contributed by atoms with Crippen LogP contribution in [0.5, 0.6) is 0 Å². The van der Waals surface area contributed by atoms with Crippen molar-refractivity contribution < 1.29 is 9.59 Å². The fourth-order valence-electron chi connectivity index (χ4n) is 2.57. The van der Waals surface area contributed by atoms with Crippen LogP contribution in [-0.4, -0.2) is 39.8 Å². The molecule has 0 unspecified atom stereocenters. The number of aryl methyl sites for hydroxylation is 1. The minimum Gasteiger partial charge on any atom is -0.336 e. The molecule has 1 aromatic heterocycles. The smallest absolute Gasteiger partial charge is 0.325 e. The Morgan fingerprint density at radius 2 is 2.32 bits per heavy atom. The van der Waals surface area contributed by atoms with Gasteiger partial charge in [-0.25, -0.2) is 14.5 Å². The van der Waals surface area contributed by atoms with Crippen LogP contribution in [-0.2, 0) is 19.5 Å². The summed E-state index contributed by atoms with van der Waals surface area (Å²) in [4.78, 5) is 24.4. The molecule has 3 rings (SSSR count). The van der Waals surface area contributed by atoms with Gasteiger partial charge in [0, 0.05) is 37.4 Å². The first kappa shape index (κ1) is 12.0. The molecule has 0 spiro atoms. The molecule has 1 aromatic rings. The van der Waals surface area contributed by atoms with Crippen molar-refractivity contribution in [2.24, 2.45) is 0 Å². The quantitative estimate of drug-likeness (QED) is 0.813. The van der Waals surface area contributed by atoms with E-state index in [9.17, 15) is 9.59 Å². The number of aromatic nitrogens is 2. The van der Waals surface area contributed by atoms with Gasteiger partial charge in [-0.3, -0.25) is 4.68 Å². The van der Waals surface area contributed by atoms with Crippen LogP contribution in [0.2, 0.25) is 0 Å². The molecular formula is C12H17N5O2. The van der Waals surface area contributed by atoms with Crippen molar-refractivity contribution in [2.75, 3.05) is 13.1 Å². The lowest BCUT2D eigenvalue weighted by atomic mass is 10.1. The third-order valence-electron chi connectivity index (χ3n) is 3.60. The number of carbonyl (C=O) groups excluding carboxylic acids is 2. The van der Waals surface area contributed by atoms with Crippen molar-refractivity contribution in [3.8, 4) is 0 Å². The number of nitrogens with one attached hydrogen (secondary N) is 2. The maximum atomic E-state index is 11.8. The van der Waals surface area contributed by atoms with Crippen LogP contribution in [0, 0.1) is 0 Å². The Kier molecular flexibility index (Phi) is 3.10. The Morgan fingerprint density at radius 1 is 1.42 bits per heavy atom. The summed E-state index contributed by atoms with van der Waals surface area (Å²) in [6, 6.07) is -0.666. The highest BCUT2D eigenvalue weighted by molar-refractivity contribution is 5.94. The largest absolute Gasteiger partial charge is 0.336 e. The molecule has 0 atom stereocenters. The Morgan fingerprint density at radius 3 is 3.11 bits per heavy atom. The van der Waals surface area contributed by atoms with E-state index in [4.69, 9.17) is 0 Å². The van der Waals surface area contributed by atoms with Gasteiger partial charge in [0.05, 0.1) is 6.20 Å². The number of nitrogens with zero attached hydrogens (tertiary/aromatic N) is 3. The van der Waals surface area contributed by atoms with Gasteiger partial charge >= 0.3 is 12.1 Å². The first-order valence-corrected chi connectivity index (χ1v) is 6.62. The SMILES string of the molecule is O=C1NCCN1C(=O)NCc1cnn2c1CCCC2. The van der Waals surface area contributed by atoms with Crippen LogP contribution in [0.4, 0.5) is 9.59 Å². The van der Waals surface area contributed by atoms with Crippen molar-refractivity contribution in [3.63, 3.8) is 0 Å². The van der Waals surface area contributed by atoms with Crippen LogP contribution in [0.1, 0.15) is 24.1 Å². The Labute approximate surface area is 110 Å². The Balaban J connectivity index is 1.61. The minimum absolute atomic E-state index is 0.325. The number of urea groups is 2. The molecule has 0 saturated carbocycles. The van der Waals surface area contributed by atoms with Gasteiger partial charge in [-0.05, 0) is 19.3 Å². The molecule has 1 saturated heterocycles. The molecular weight excluding hydrogens is 246 g/mol. The average molecular weight is 263 g/mol. The summed E-state index contributed by atoms with van der Waals surface area (Å²) < 4.78 is 2.01. The van der Waals surface area contributed by atoms with Crippen LogP contribution in [0.15, 0.2) is 6.20 Å². The lowest BCUT2D eigenvalue weighted by Gasteiger charge is -2.16. The third kappa shape index (κ3) is 2.27. The zero-order valence-electron chi connectivity index (χ0n) is 10.7. The summed E-state index contributed by atoms with van der Waals surface area (Å²) in [5.74, 6) is 0. The van der Waals surface area contributed by atoms with Crippen LogP contribution >= 0.6 is 0 Å². The zero-order valence-corrected chi connectivity index (χ0v) is 10.7. The number of hydrogen-bond acceptors (Lipinski definition) is 3. The fraction of sp³-hybridized carbons (Fsp3) is 0.583. The number of hydrogen-bond donors (Lipinski definition) is 2. The molecule has 1 fully saturated rings. The number of amides is 4. The van der Waals surface area contributed by atoms with Crippen LogP contribution in [0.25, 0.3) is 0 Å². The molecule has 0 aliphatic carbocycles. The topological polar surface area (TPSA) is 79.3 Å². The Bertz CT molecular complexity index is 510. The van der Waals surface area contributed by atoms with Crippen molar-refractivity contribution in [2.45, 2.75) is 32.4 Å². The minimum atomic E-state index is -0.342. The van der Waals surface area contributed by atoms with E-state index in [-0.39, 0.29) is 12.1 Å². The lowest BCUT2D eigenvalue weighted by molar-refractivity contribution is 0.198. The first-order chi connectivity index (χ1) is 9.25. The highest BCUT2D eigenvalue weighted by Gasteiger charge is 2.26. The van der Waals surface area contributed by atoms with Crippen molar-refractivity contribution >= 4 is 12.1 Å². The normalized spacial score (nSPS) is 18.1. The lowest BCUT2D eigenvalue weighted by Crippen LogP contribution is -2.41. The van der Waals surface area contributed by atoms with Crippen molar-refractivity contribution in [1.82, 2.24) is 25.3 Å². The van der Waals surface area contributed by atoms with Crippen molar-refractivity contribution in [3.05, 3.63) is 17.5 Å². The molecule has 4 amide bonds. The van der Waals surface area contributed by atoms with E-state index in [2.05, 4.69) is 15.7 Å². The van der Waals surface area contributed by atoms with E-state index >= 15 is 0 Å². The number of fused-ring (bicyclic) bond motifs is 1. The van der Waals surface area contributed by atoms with E-state index in [1.54, 1.807) is 0 Å². The molecule has 3 heterocycles. The summed E-state index contributed by atoms with van der Waals surface area (Å²) in [7, 11) is 0. The monoisotopic (exact) mass is 263 g/mol. The average Bonchev–Trinajstić information content (AvgIpc) is 3.02. The molecule has 0 bridgehead atoms. The van der Waals surface area contributed by atoms with E-state index in [0.29, 0.717) is 19.6 Å². The summed E-state index contributed by atoms with van der Waals surface area (Å²) in [5, 5.41) is 9.70. The fourth-order valence-corrected chi connectivity index (χ4v) is 2.57. The highest BCUT2D eigenvalue weighted by atomic mass is 16.2. The second kappa shape index (κ2) is 4.91. The van der Waals surface area contributed by atoms with E-state index in [1.807, 2.05) is 10.9 Å². The van der Waals surface area contributed by atoms with E-state index in [1.165, 1.54) is 17.0 Å². The van der Waals surface area contributed by atoms with Gasteiger partial charge in [0.15, 0.2) is 0 Å². The summed E-state index contributed by atoms with van der Waals surface area (Å²) in [6.45, 7) is 2.34. The summed E-state index contributed by atoms with van der Waals surface area (Å²) >= 11 is 0. The molecule has 0 radical (unpaired) electrons. The van der Waals surface area contributed by atoms with Gasteiger partial charge in [0.1, 0.15) is 0 Å². The van der Waals surface area contributed by atoms with Gasteiger partial charge in [-0.1, -0.05) is 0 Å². The molecule has 2 aliphatic rings. The summed E-state index contributed by atoms with van der Waals surface area (Å²) in [5.41, 5.74) is 2.25. The second-order valence-corrected chi connectivity index (χ2v) is 4.84. The van der Waals surface area contributed by atoms with Crippen LogP contribution in [0.3, 0.4) is 0 Å². The first-order valence-electron chi connectivity index (χ1n) is 6.62. The predicted molar refractivity (Wildman–Crippen MR) is 67.5 cm³/mol. The predicted octanol–water partition coefficient (Wildman–Crippen LogP) is 0.454. The molecule has 2 aliphatic heterocycles. The van der Waals surface area contributed by atoms with Gasteiger partial charge in [0.2, 0.25) is 0 Å². The van der Waals surface area contributed by atoms with Crippen LogP contribution < -0.4 is 10.6 Å². The highest BCUT2D eigenvalue weighted by Crippen LogP contribution is 2.17. The number of carbonyl (C=O) groups is 2. The van der Waals surface area contributed by atoms with E-state index in [0.717, 1.165) is 24.9 Å². The maximum Gasteiger partial charge on any atom is 0.325 e. The molecule has 7 heteroatoms. The standard InChI is InChI=1S/C12H17N5O2/c18-11-13-4-6-16(11)12(19)14-7-9-8-15-17-5-2-1-3-10(9)17/h8H,1-7H2,(H,13,18)(H,14,19). The number of imide groups is 1. The molecule has 7 nitrogen and oxygen atoms in total. The molecule has 2 N–H and O–H groups in total. The number of rotatable bonds is 2. The third-order valence-corrected chi connectivity index (χ3v) is 3.60. The van der Waals surface area contributed by atoms with Gasteiger partial charge in [0.25, 0.3) is 0 Å². The van der Waals surface area contributed by atoms with Gasteiger partial charge < -0.3 is 10.6 Å². The summed E-state index contributed by atoms with van der Waals surface area (Å²) in [6.07, 6.45) is 5.15.